The molecule has 112 valence electrons. The molecule has 0 heterocycles. The van der Waals surface area contributed by atoms with E-state index in [1.165, 1.54) is 24.3 Å². The second-order valence-corrected chi connectivity index (χ2v) is 5.63. The molecule has 0 aliphatic heterocycles. The van der Waals surface area contributed by atoms with Crippen molar-refractivity contribution in [2.45, 2.75) is 18.6 Å². The van der Waals surface area contributed by atoms with E-state index in [0.29, 0.717) is 10.0 Å². The zero-order valence-corrected chi connectivity index (χ0v) is 12.4. The number of halogens is 4. The molecule has 2 aromatic rings. The molecule has 0 aliphatic rings. The van der Waals surface area contributed by atoms with Crippen LogP contribution in [0.15, 0.2) is 46.9 Å². The van der Waals surface area contributed by atoms with E-state index in [0.717, 1.165) is 6.07 Å². The minimum atomic E-state index is -4.46. The zero-order chi connectivity index (χ0) is 15.6. The highest BCUT2D eigenvalue weighted by atomic mass is 79.9. The van der Waals surface area contributed by atoms with Crippen molar-refractivity contribution in [3.8, 4) is 5.75 Å². The molecule has 0 bridgehead atoms. The number of alkyl halides is 3. The van der Waals surface area contributed by atoms with Gasteiger partial charge in [0.1, 0.15) is 5.75 Å². The predicted molar refractivity (Wildman–Crippen MR) is 77.9 cm³/mol. The lowest BCUT2D eigenvalue weighted by atomic mass is 9.95. The van der Waals surface area contributed by atoms with Crippen LogP contribution in [0.2, 0.25) is 0 Å². The molecule has 2 nitrogen and oxygen atoms in total. The van der Waals surface area contributed by atoms with Gasteiger partial charge in [-0.3, -0.25) is 0 Å². The second kappa shape index (κ2) is 6.07. The fourth-order valence-corrected chi connectivity index (χ4v) is 2.51. The average molecular weight is 360 g/mol. The van der Waals surface area contributed by atoms with E-state index >= 15 is 0 Å². The van der Waals surface area contributed by atoms with Crippen LogP contribution in [-0.2, 0) is 12.6 Å². The average Bonchev–Trinajstić information content (AvgIpc) is 2.37. The fraction of sp³-hybridized carbons (Fsp3) is 0.200. The predicted octanol–water partition coefficient (Wildman–Crippen LogP) is 4.42. The first kappa shape index (κ1) is 15.9. The number of aromatic hydroxyl groups is 1. The highest BCUT2D eigenvalue weighted by molar-refractivity contribution is 9.10. The third kappa shape index (κ3) is 3.98. The molecule has 3 N–H and O–H groups in total. The Bertz CT molecular complexity index is 643. The zero-order valence-electron chi connectivity index (χ0n) is 10.9. The molecular weight excluding hydrogens is 347 g/mol. The van der Waals surface area contributed by atoms with Gasteiger partial charge in [0.05, 0.1) is 5.56 Å². The summed E-state index contributed by atoms with van der Waals surface area (Å²) in [6.45, 7) is 0. The van der Waals surface area contributed by atoms with Crippen molar-refractivity contribution in [3.63, 3.8) is 0 Å². The van der Waals surface area contributed by atoms with Crippen molar-refractivity contribution in [1.82, 2.24) is 0 Å². The Morgan fingerprint density at radius 1 is 1.14 bits per heavy atom. The molecule has 6 heteroatoms. The Labute approximate surface area is 128 Å². The lowest BCUT2D eigenvalue weighted by Crippen LogP contribution is -2.19. The summed E-state index contributed by atoms with van der Waals surface area (Å²) in [6.07, 6.45) is -4.26. The summed E-state index contributed by atoms with van der Waals surface area (Å²) in [6, 6.07) is 9.46. The maximum Gasteiger partial charge on any atom is 0.416 e. The molecule has 1 unspecified atom stereocenters. The van der Waals surface area contributed by atoms with Crippen molar-refractivity contribution < 1.29 is 18.3 Å². The van der Waals surface area contributed by atoms with E-state index in [-0.39, 0.29) is 17.7 Å². The standard InChI is InChI=1S/C15H13BrF3NO/c16-10-4-5-12(13(8-10)15(17,18)19)14(20)7-9-2-1-3-11(21)6-9/h1-6,8,14,21H,7,20H2. The summed E-state index contributed by atoms with van der Waals surface area (Å²) in [7, 11) is 0. The number of phenolic OH excluding ortho intramolecular Hbond substituents is 1. The van der Waals surface area contributed by atoms with Crippen molar-refractivity contribution in [1.29, 1.82) is 0 Å². The quantitative estimate of drug-likeness (QED) is 0.852. The van der Waals surface area contributed by atoms with E-state index < -0.39 is 17.8 Å². The lowest BCUT2D eigenvalue weighted by Gasteiger charge is -2.19. The summed E-state index contributed by atoms with van der Waals surface area (Å²) in [5.74, 6) is 0.0616. The molecule has 1 atom stereocenters. The van der Waals surface area contributed by atoms with Gasteiger partial charge < -0.3 is 10.8 Å². The van der Waals surface area contributed by atoms with Crippen LogP contribution in [0.25, 0.3) is 0 Å². The van der Waals surface area contributed by atoms with Gasteiger partial charge in [0.15, 0.2) is 0 Å². The van der Waals surface area contributed by atoms with Gasteiger partial charge in [0, 0.05) is 10.5 Å². The van der Waals surface area contributed by atoms with Gasteiger partial charge in [-0.1, -0.05) is 34.1 Å². The van der Waals surface area contributed by atoms with Crippen molar-refractivity contribution in [2.75, 3.05) is 0 Å². The first-order chi connectivity index (χ1) is 9.77. The lowest BCUT2D eigenvalue weighted by molar-refractivity contribution is -0.138. The van der Waals surface area contributed by atoms with Crippen LogP contribution in [0.5, 0.6) is 5.75 Å². The van der Waals surface area contributed by atoms with E-state index in [1.807, 2.05) is 0 Å². The topological polar surface area (TPSA) is 46.2 Å². The highest BCUT2D eigenvalue weighted by Crippen LogP contribution is 2.36. The van der Waals surface area contributed by atoms with Gasteiger partial charge in [-0.2, -0.15) is 13.2 Å². The van der Waals surface area contributed by atoms with E-state index in [4.69, 9.17) is 5.73 Å². The van der Waals surface area contributed by atoms with Gasteiger partial charge in [-0.25, -0.2) is 0 Å². The van der Waals surface area contributed by atoms with E-state index in [1.54, 1.807) is 12.1 Å². The summed E-state index contributed by atoms with van der Waals surface area (Å²) in [5, 5.41) is 9.39. The highest BCUT2D eigenvalue weighted by Gasteiger charge is 2.34. The summed E-state index contributed by atoms with van der Waals surface area (Å²) in [5.41, 5.74) is 5.90. The molecule has 0 aliphatic carbocycles. The van der Waals surface area contributed by atoms with Crippen LogP contribution >= 0.6 is 15.9 Å². The Kier molecular flexibility index (Phi) is 4.58. The molecular formula is C15H13BrF3NO. The van der Waals surface area contributed by atoms with Gasteiger partial charge in [-0.15, -0.1) is 0 Å². The Morgan fingerprint density at radius 3 is 2.48 bits per heavy atom. The molecule has 0 spiro atoms. The van der Waals surface area contributed by atoms with Crippen LogP contribution in [0.4, 0.5) is 13.2 Å². The minimum Gasteiger partial charge on any atom is -0.508 e. The normalized spacial score (nSPS) is 13.2. The molecule has 0 amide bonds. The second-order valence-electron chi connectivity index (χ2n) is 4.71. The van der Waals surface area contributed by atoms with E-state index in [9.17, 15) is 18.3 Å². The maximum atomic E-state index is 13.1. The molecule has 0 saturated carbocycles. The SMILES string of the molecule is NC(Cc1cccc(O)c1)c1ccc(Br)cc1C(F)(F)F. The molecule has 0 radical (unpaired) electrons. The van der Waals surface area contributed by atoms with Gasteiger partial charge >= 0.3 is 6.18 Å². The van der Waals surface area contributed by atoms with Crippen molar-refractivity contribution >= 4 is 15.9 Å². The first-order valence-corrected chi connectivity index (χ1v) is 6.97. The molecule has 0 aromatic heterocycles. The van der Waals surface area contributed by atoms with Gasteiger partial charge in [0.2, 0.25) is 0 Å². The monoisotopic (exact) mass is 359 g/mol. The maximum absolute atomic E-state index is 13.1. The number of phenols is 1. The van der Waals surface area contributed by atoms with E-state index in [2.05, 4.69) is 15.9 Å². The molecule has 2 aromatic carbocycles. The van der Waals surface area contributed by atoms with Crippen LogP contribution in [-0.4, -0.2) is 5.11 Å². The molecule has 0 fully saturated rings. The summed E-state index contributed by atoms with van der Waals surface area (Å²) < 4.78 is 39.6. The largest absolute Gasteiger partial charge is 0.508 e. The molecule has 0 saturated heterocycles. The third-order valence-corrected chi connectivity index (χ3v) is 3.58. The fourth-order valence-electron chi connectivity index (χ4n) is 2.14. The number of hydrogen-bond donors (Lipinski definition) is 2. The first-order valence-electron chi connectivity index (χ1n) is 6.17. The van der Waals surface area contributed by atoms with Crippen LogP contribution in [0, 0.1) is 0 Å². The number of nitrogens with two attached hydrogens (primary N) is 1. The van der Waals surface area contributed by atoms with Gasteiger partial charge in [0.25, 0.3) is 0 Å². The third-order valence-electron chi connectivity index (χ3n) is 3.09. The van der Waals surface area contributed by atoms with Crippen LogP contribution < -0.4 is 5.73 Å². The minimum absolute atomic E-state index is 0.0362. The number of benzene rings is 2. The smallest absolute Gasteiger partial charge is 0.416 e. The summed E-state index contributed by atoms with van der Waals surface area (Å²) >= 11 is 3.04. The van der Waals surface area contributed by atoms with Gasteiger partial charge in [-0.05, 0) is 41.8 Å². The molecule has 2 rings (SSSR count). The van der Waals surface area contributed by atoms with Crippen LogP contribution in [0.3, 0.4) is 0 Å². The summed E-state index contributed by atoms with van der Waals surface area (Å²) in [4.78, 5) is 0. The Hall–Kier alpha value is -1.53. The van der Waals surface area contributed by atoms with Crippen LogP contribution in [0.1, 0.15) is 22.7 Å². The Morgan fingerprint density at radius 2 is 1.86 bits per heavy atom. The Balaban J connectivity index is 2.33. The molecule has 21 heavy (non-hydrogen) atoms. The van der Waals surface area contributed by atoms with Crippen molar-refractivity contribution in [2.24, 2.45) is 5.73 Å². The number of hydrogen-bond acceptors (Lipinski definition) is 2. The number of rotatable bonds is 3. The van der Waals surface area contributed by atoms with Crippen molar-refractivity contribution in [3.05, 3.63) is 63.6 Å².